The van der Waals surface area contributed by atoms with E-state index in [1.807, 2.05) is 26.0 Å². The summed E-state index contributed by atoms with van der Waals surface area (Å²) in [6.45, 7) is 4.38. The van der Waals surface area contributed by atoms with Crippen molar-refractivity contribution >= 4 is 23.2 Å². The van der Waals surface area contributed by atoms with Gasteiger partial charge in [-0.15, -0.1) is 11.3 Å². The summed E-state index contributed by atoms with van der Waals surface area (Å²) < 4.78 is 1.80. The van der Waals surface area contributed by atoms with Gasteiger partial charge in [-0.05, 0) is 57.2 Å². The standard InChI is InChI=1S/C18H24N4O2S/c1-12-10-13(2)22(21-12)9-8-17(23)19-20-18(24)16-11-14-6-4-3-5-7-15(14)25-16/h10-11H,3-9H2,1-2H3,(H,19,23)(H,20,24). The SMILES string of the molecule is Cc1cc(C)n(CCC(=O)NNC(=O)c2cc3c(s2)CCCCC3)n1. The van der Waals surface area contributed by atoms with E-state index < -0.39 is 0 Å². The van der Waals surface area contributed by atoms with Crippen LogP contribution in [0.4, 0.5) is 0 Å². The summed E-state index contributed by atoms with van der Waals surface area (Å²) in [5.74, 6) is -0.462. The Labute approximate surface area is 151 Å². The molecule has 0 saturated carbocycles. The molecule has 0 aromatic carbocycles. The number of carbonyl (C=O) groups excluding carboxylic acids is 2. The van der Waals surface area contributed by atoms with Crippen molar-refractivity contribution in [2.45, 2.75) is 58.9 Å². The average Bonchev–Trinajstić information content (AvgIpc) is 3.05. The summed E-state index contributed by atoms with van der Waals surface area (Å²) in [7, 11) is 0. The lowest BCUT2D eigenvalue weighted by Crippen LogP contribution is -2.41. The lowest BCUT2D eigenvalue weighted by Gasteiger charge is -2.07. The second-order valence-electron chi connectivity index (χ2n) is 6.52. The zero-order chi connectivity index (χ0) is 17.8. The van der Waals surface area contributed by atoms with E-state index in [1.165, 1.54) is 29.7 Å². The fourth-order valence-electron chi connectivity index (χ4n) is 3.14. The Hall–Kier alpha value is -2.15. The van der Waals surface area contributed by atoms with Crippen LogP contribution in [0, 0.1) is 13.8 Å². The van der Waals surface area contributed by atoms with Gasteiger partial charge in [-0.1, -0.05) is 6.42 Å². The molecule has 2 N–H and O–H groups in total. The zero-order valence-electron chi connectivity index (χ0n) is 14.7. The molecule has 0 aliphatic heterocycles. The number of hydrazine groups is 1. The fraction of sp³-hybridized carbons (Fsp3) is 0.500. The van der Waals surface area contributed by atoms with Crippen LogP contribution in [0.5, 0.6) is 0 Å². The minimum atomic E-state index is -0.238. The van der Waals surface area contributed by atoms with Crippen LogP contribution in [0.15, 0.2) is 12.1 Å². The smallest absolute Gasteiger partial charge is 0.273 e. The number of thiophene rings is 1. The van der Waals surface area contributed by atoms with E-state index in [4.69, 9.17) is 0 Å². The molecule has 134 valence electrons. The third-order valence-corrected chi connectivity index (χ3v) is 5.68. The van der Waals surface area contributed by atoms with Crippen LogP contribution in [0.2, 0.25) is 0 Å². The summed E-state index contributed by atoms with van der Waals surface area (Å²) in [5.41, 5.74) is 8.27. The molecule has 0 unspecified atom stereocenters. The molecule has 1 aliphatic carbocycles. The number of fused-ring (bicyclic) bond motifs is 1. The molecule has 0 fully saturated rings. The van der Waals surface area contributed by atoms with Crippen LogP contribution in [-0.2, 0) is 24.2 Å². The predicted molar refractivity (Wildman–Crippen MR) is 97.5 cm³/mol. The summed E-state index contributed by atoms with van der Waals surface area (Å²) in [6, 6.07) is 3.95. The van der Waals surface area contributed by atoms with Gasteiger partial charge in [-0.3, -0.25) is 25.1 Å². The van der Waals surface area contributed by atoms with Crippen LogP contribution >= 0.6 is 11.3 Å². The topological polar surface area (TPSA) is 76.0 Å². The number of rotatable bonds is 4. The van der Waals surface area contributed by atoms with E-state index in [0.717, 1.165) is 24.2 Å². The molecule has 2 amide bonds. The van der Waals surface area contributed by atoms with Gasteiger partial charge in [0.1, 0.15) is 0 Å². The Morgan fingerprint density at radius 1 is 1.16 bits per heavy atom. The summed E-state index contributed by atoms with van der Waals surface area (Å²) in [6.07, 6.45) is 6.01. The van der Waals surface area contributed by atoms with Crippen molar-refractivity contribution in [3.63, 3.8) is 0 Å². The normalized spacial score (nSPS) is 13.8. The van der Waals surface area contributed by atoms with E-state index in [0.29, 0.717) is 11.4 Å². The molecular formula is C18H24N4O2S. The monoisotopic (exact) mass is 360 g/mol. The van der Waals surface area contributed by atoms with Crippen LogP contribution in [-0.4, -0.2) is 21.6 Å². The predicted octanol–water partition coefficient (Wildman–Crippen LogP) is 2.68. The van der Waals surface area contributed by atoms with Crippen LogP contribution in [0.1, 0.15) is 57.2 Å². The van der Waals surface area contributed by atoms with Crippen LogP contribution in [0.25, 0.3) is 0 Å². The van der Waals surface area contributed by atoms with Gasteiger partial charge in [-0.25, -0.2) is 0 Å². The van der Waals surface area contributed by atoms with E-state index in [9.17, 15) is 9.59 Å². The number of hydrogen-bond acceptors (Lipinski definition) is 4. The van der Waals surface area contributed by atoms with Crippen molar-refractivity contribution in [1.82, 2.24) is 20.6 Å². The number of hydrogen-bond donors (Lipinski definition) is 2. The highest BCUT2D eigenvalue weighted by atomic mass is 32.1. The molecule has 0 bridgehead atoms. The van der Waals surface area contributed by atoms with Crippen molar-refractivity contribution in [1.29, 1.82) is 0 Å². The lowest BCUT2D eigenvalue weighted by atomic mass is 10.1. The first-order valence-electron chi connectivity index (χ1n) is 8.75. The molecule has 2 aromatic rings. The third-order valence-electron chi connectivity index (χ3n) is 4.44. The van der Waals surface area contributed by atoms with Gasteiger partial charge in [0.15, 0.2) is 0 Å². The highest BCUT2D eigenvalue weighted by molar-refractivity contribution is 7.14. The molecule has 0 radical (unpaired) electrons. The highest BCUT2D eigenvalue weighted by Crippen LogP contribution is 2.28. The summed E-state index contributed by atoms with van der Waals surface area (Å²) >= 11 is 1.55. The number of carbonyl (C=O) groups is 2. The molecule has 6 nitrogen and oxygen atoms in total. The zero-order valence-corrected chi connectivity index (χ0v) is 15.5. The van der Waals surface area contributed by atoms with Crippen LogP contribution < -0.4 is 10.9 Å². The first kappa shape index (κ1) is 17.7. The maximum Gasteiger partial charge on any atom is 0.279 e. The molecular weight excluding hydrogens is 336 g/mol. The van der Waals surface area contributed by atoms with E-state index in [2.05, 4.69) is 16.0 Å². The Morgan fingerprint density at radius 3 is 2.72 bits per heavy atom. The maximum absolute atomic E-state index is 12.3. The molecule has 0 atom stereocenters. The number of aromatic nitrogens is 2. The molecule has 0 spiro atoms. The van der Waals surface area contributed by atoms with E-state index >= 15 is 0 Å². The van der Waals surface area contributed by atoms with Gasteiger partial charge < -0.3 is 0 Å². The van der Waals surface area contributed by atoms with Crippen molar-refractivity contribution < 1.29 is 9.59 Å². The Kier molecular flexibility index (Phi) is 5.53. The van der Waals surface area contributed by atoms with Gasteiger partial charge in [0.25, 0.3) is 5.91 Å². The lowest BCUT2D eigenvalue weighted by molar-refractivity contribution is -0.122. The van der Waals surface area contributed by atoms with Crippen molar-refractivity contribution in [2.75, 3.05) is 0 Å². The molecule has 1 aliphatic rings. The summed E-state index contributed by atoms with van der Waals surface area (Å²) in [4.78, 5) is 26.2. The number of amides is 2. The Bertz CT molecular complexity index is 755. The van der Waals surface area contributed by atoms with E-state index in [-0.39, 0.29) is 18.2 Å². The molecule has 7 heteroatoms. The Morgan fingerprint density at radius 2 is 1.96 bits per heavy atom. The maximum atomic E-state index is 12.3. The number of nitrogens with one attached hydrogen (secondary N) is 2. The first-order chi connectivity index (χ1) is 12.0. The van der Waals surface area contributed by atoms with Gasteiger partial charge in [0.2, 0.25) is 5.91 Å². The molecule has 0 saturated heterocycles. The third kappa shape index (κ3) is 4.48. The van der Waals surface area contributed by atoms with Crippen molar-refractivity contribution in [3.8, 4) is 0 Å². The molecule has 3 rings (SSSR count). The molecule has 2 heterocycles. The highest BCUT2D eigenvalue weighted by Gasteiger charge is 2.17. The minimum absolute atomic E-state index is 0.223. The second-order valence-corrected chi connectivity index (χ2v) is 7.66. The quantitative estimate of drug-likeness (QED) is 0.650. The minimum Gasteiger partial charge on any atom is -0.273 e. The molecule has 2 aromatic heterocycles. The number of aryl methyl sites for hydroxylation is 5. The average molecular weight is 360 g/mol. The Balaban J connectivity index is 1.48. The summed E-state index contributed by atoms with van der Waals surface area (Å²) in [5, 5.41) is 4.32. The van der Waals surface area contributed by atoms with E-state index in [1.54, 1.807) is 16.0 Å². The first-order valence-corrected chi connectivity index (χ1v) is 9.56. The van der Waals surface area contributed by atoms with Gasteiger partial charge in [-0.2, -0.15) is 5.10 Å². The second kappa shape index (κ2) is 7.82. The molecule has 25 heavy (non-hydrogen) atoms. The van der Waals surface area contributed by atoms with Gasteiger partial charge >= 0.3 is 0 Å². The van der Waals surface area contributed by atoms with Gasteiger partial charge in [0, 0.05) is 17.0 Å². The van der Waals surface area contributed by atoms with Crippen molar-refractivity contribution in [3.05, 3.63) is 38.8 Å². The number of nitrogens with zero attached hydrogens (tertiary/aromatic N) is 2. The fourth-order valence-corrected chi connectivity index (χ4v) is 4.29. The van der Waals surface area contributed by atoms with Crippen molar-refractivity contribution in [2.24, 2.45) is 0 Å². The van der Waals surface area contributed by atoms with Crippen LogP contribution in [0.3, 0.4) is 0 Å². The van der Waals surface area contributed by atoms with Gasteiger partial charge in [0.05, 0.1) is 17.1 Å². The largest absolute Gasteiger partial charge is 0.279 e.